The summed E-state index contributed by atoms with van der Waals surface area (Å²) in [5.41, 5.74) is 3.86. The molecule has 1 fully saturated rings. The highest BCUT2D eigenvalue weighted by molar-refractivity contribution is 7.98. The van der Waals surface area contributed by atoms with Gasteiger partial charge in [-0.2, -0.15) is 0 Å². The predicted molar refractivity (Wildman–Crippen MR) is 89.9 cm³/mol. The van der Waals surface area contributed by atoms with Crippen molar-refractivity contribution < 1.29 is 0 Å². The lowest BCUT2D eigenvalue weighted by Gasteiger charge is -2.12. The van der Waals surface area contributed by atoms with Crippen molar-refractivity contribution in [1.82, 2.24) is 4.57 Å². The minimum absolute atomic E-state index is 0.0410. The molecule has 0 bridgehead atoms. The Balaban J connectivity index is 1.99. The second-order valence-electron chi connectivity index (χ2n) is 5.87. The van der Waals surface area contributed by atoms with Gasteiger partial charge in [-0.1, -0.05) is 18.9 Å². The van der Waals surface area contributed by atoms with E-state index in [1.807, 2.05) is 19.3 Å². The van der Waals surface area contributed by atoms with Crippen LogP contribution in [0.3, 0.4) is 0 Å². The molecular formula is C18H21NOS. The van der Waals surface area contributed by atoms with E-state index in [4.69, 9.17) is 0 Å². The van der Waals surface area contributed by atoms with Gasteiger partial charge in [-0.25, -0.2) is 0 Å². The number of rotatable bonds is 5. The molecule has 1 aromatic carbocycles. The van der Waals surface area contributed by atoms with Crippen LogP contribution < -0.4 is 5.56 Å². The van der Waals surface area contributed by atoms with Crippen LogP contribution in [0.15, 0.2) is 46.2 Å². The number of hydrogen-bond acceptors (Lipinski definition) is 2. The lowest BCUT2D eigenvalue weighted by molar-refractivity contribution is 0.727. The van der Waals surface area contributed by atoms with E-state index in [0.717, 1.165) is 17.9 Å². The summed E-state index contributed by atoms with van der Waals surface area (Å²) in [6.07, 6.45) is 9.27. The van der Waals surface area contributed by atoms with Gasteiger partial charge in [0.15, 0.2) is 0 Å². The van der Waals surface area contributed by atoms with Crippen LogP contribution in [0.5, 0.6) is 0 Å². The first-order valence-corrected chi connectivity index (χ1v) is 8.74. The zero-order valence-electron chi connectivity index (χ0n) is 12.6. The number of pyridine rings is 1. The first kappa shape index (κ1) is 14.5. The van der Waals surface area contributed by atoms with E-state index in [9.17, 15) is 4.79 Å². The fraction of sp³-hybridized carbons (Fsp3) is 0.389. The summed E-state index contributed by atoms with van der Waals surface area (Å²) in [6.45, 7) is 0. The van der Waals surface area contributed by atoms with E-state index in [-0.39, 0.29) is 5.56 Å². The molecule has 0 radical (unpaired) electrons. The molecule has 110 valence electrons. The normalized spacial score (nSPS) is 14.4. The Morgan fingerprint density at radius 2 is 2.05 bits per heavy atom. The largest absolute Gasteiger partial charge is 0.318 e. The maximum absolute atomic E-state index is 11.6. The Hall–Kier alpha value is -1.48. The molecule has 1 heterocycles. The highest BCUT2D eigenvalue weighted by atomic mass is 32.2. The van der Waals surface area contributed by atoms with E-state index in [0.29, 0.717) is 0 Å². The quantitative estimate of drug-likeness (QED) is 0.775. The molecule has 3 rings (SSSR count). The summed E-state index contributed by atoms with van der Waals surface area (Å²) in [5.74, 6) is 0.943. The molecule has 1 aliphatic rings. The third kappa shape index (κ3) is 3.41. The van der Waals surface area contributed by atoms with Crippen molar-refractivity contribution in [2.24, 2.45) is 13.0 Å². The zero-order chi connectivity index (χ0) is 14.8. The molecule has 21 heavy (non-hydrogen) atoms. The van der Waals surface area contributed by atoms with Crippen LogP contribution in [0.2, 0.25) is 0 Å². The number of benzene rings is 1. The second-order valence-corrected chi connectivity index (χ2v) is 6.75. The fourth-order valence-electron chi connectivity index (χ4n) is 2.69. The monoisotopic (exact) mass is 299 g/mol. The summed E-state index contributed by atoms with van der Waals surface area (Å²) >= 11 is 1.76. The Kier molecular flexibility index (Phi) is 4.20. The number of aromatic nitrogens is 1. The van der Waals surface area contributed by atoms with Gasteiger partial charge in [0.25, 0.3) is 0 Å². The van der Waals surface area contributed by atoms with Gasteiger partial charge in [0, 0.05) is 24.2 Å². The topological polar surface area (TPSA) is 22.0 Å². The molecule has 0 amide bonds. The molecule has 0 N–H and O–H groups in total. The van der Waals surface area contributed by atoms with E-state index in [1.54, 1.807) is 22.4 Å². The summed E-state index contributed by atoms with van der Waals surface area (Å²) in [6, 6.07) is 10.3. The molecule has 1 aromatic heterocycles. The molecule has 0 atom stereocenters. The molecule has 0 saturated heterocycles. The van der Waals surface area contributed by atoms with Crippen molar-refractivity contribution in [3.05, 3.63) is 52.4 Å². The van der Waals surface area contributed by atoms with Crippen molar-refractivity contribution >= 4 is 11.8 Å². The maximum Gasteiger partial charge on any atom is 0.250 e. The molecule has 0 aliphatic heterocycles. The smallest absolute Gasteiger partial charge is 0.250 e. The molecular weight excluding hydrogens is 278 g/mol. The average molecular weight is 299 g/mol. The predicted octanol–water partition coefficient (Wildman–Crippen LogP) is 4.12. The lowest BCUT2D eigenvalue weighted by Crippen LogP contribution is -2.14. The number of hydrogen-bond donors (Lipinski definition) is 0. The number of aryl methyl sites for hydroxylation is 2. The fourth-order valence-corrected chi connectivity index (χ4v) is 3.13. The van der Waals surface area contributed by atoms with Crippen molar-refractivity contribution in [3.63, 3.8) is 0 Å². The van der Waals surface area contributed by atoms with Crippen LogP contribution in [0.4, 0.5) is 0 Å². The Labute approximate surface area is 130 Å². The van der Waals surface area contributed by atoms with E-state index in [2.05, 4.69) is 24.5 Å². The van der Waals surface area contributed by atoms with Gasteiger partial charge in [-0.05, 0) is 59.9 Å². The first-order valence-electron chi connectivity index (χ1n) is 7.51. The summed E-state index contributed by atoms with van der Waals surface area (Å²) in [4.78, 5) is 12.9. The second kappa shape index (κ2) is 6.10. The van der Waals surface area contributed by atoms with Crippen LogP contribution >= 0.6 is 11.8 Å². The standard InChI is InChI=1S/C18H21NOS/c1-19-12-15(8-10-18(19)20)17-11-16(21-2)9-7-14(17)6-5-13-3-4-13/h7-13H,3-6H2,1-2H3. The Morgan fingerprint density at radius 1 is 1.24 bits per heavy atom. The van der Waals surface area contributed by atoms with Crippen molar-refractivity contribution in [2.75, 3.05) is 6.26 Å². The summed E-state index contributed by atoms with van der Waals surface area (Å²) in [7, 11) is 1.81. The van der Waals surface area contributed by atoms with Gasteiger partial charge in [-0.15, -0.1) is 11.8 Å². The maximum atomic E-state index is 11.6. The van der Waals surface area contributed by atoms with Crippen LogP contribution in [0.25, 0.3) is 11.1 Å². The minimum atomic E-state index is 0.0410. The third-order valence-electron chi connectivity index (χ3n) is 4.23. The zero-order valence-corrected chi connectivity index (χ0v) is 13.5. The van der Waals surface area contributed by atoms with Crippen molar-refractivity contribution in [3.8, 4) is 11.1 Å². The molecule has 3 heteroatoms. The van der Waals surface area contributed by atoms with Gasteiger partial charge in [0.05, 0.1) is 0 Å². The lowest BCUT2D eigenvalue weighted by atomic mass is 9.97. The number of thioether (sulfide) groups is 1. The van der Waals surface area contributed by atoms with Crippen LogP contribution in [-0.4, -0.2) is 10.8 Å². The molecule has 1 aliphatic carbocycles. The highest BCUT2D eigenvalue weighted by Gasteiger charge is 2.21. The van der Waals surface area contributed by atoms with E-state index >= 15 is 0 Å². The highest BCUT2D eigenvalue weighted by Crippen LogP contribution is 2.35. The minimum Gasteiger partial charge on any atom is -0.318 e. The van der Waals surface area contributed by atoms with Crippen LogP contribution in [0, 0.1) is 5.92 Å². The van der Waals surface area contributed by atoms with Gasteiger partial charge in [0.1, 0.15) is 0 Å². The van der Waals surface area contributed by atoms with E-state index in [1.165, 1.54) is 35.3 Å². The van der Waals surface area contributed by atoms with Gasteiger partial charge < -0.3 is 4.57 Å². The van der Waals surface area contributed by atoms with E-state index < -0.39 is 0 Å². The molecule has 0 spiro atoms. The average Bonchev–Trinajstić information content (AvgIpc) is 3.32. The van der Waals surface area contributed by atoms with Crippen LogP contribution in [-0.2, 0) is 13.5 Å². The molecule has 1 saturated carbocycles. The third-order valence-corrected chi connectivity index (χ3v) is 4.96. The Morgan fingerprint density at radius 3 is 2.71 bits per heavy atom. The van der Waals surface area contributed by atoms with Crippen molar-refractivity contribution in [1.29, 1.82) is 0 Å². The first-order chi connectivity index (χ1) is 10.2. The van der Waals surface area contributed by atoms with Gasteiger partial charge >= 0.3 is 0 Å². The molecule has 0 unspecified atom stereocenters. The SMILES string of the molecule is CSc1ccc(CCC2CC2)c(-c2ccc(=O)n(C)c2)c1. The molecule has 2 nitrogen and oxygen atoms in total. The summed E-state index contributed by atoms with van der Waals surface area (Å²) in [5, 5.41) is 0. The van der Waals surface area contributed by atoms with Gasteiger partial charge in [0.2, 0.25) is 5.56 Å². The van der Waals surface area contributed by atoms with Gasteiger partial charge in [-0.3, -0.25) is 4.79 Å². The molecule has 2 aromatic rings. The van der Waals surface area contributed by atoms with Crippen LogP contribution in [0.1, 0.15) is 24.8 Å². The Bertz CT molecular complexity index is 701. The van der Waals surface area contributed by atoms with Crippen molar-refractivity contribution in [2.45, 2.75) is 30.6 Å². The summed E-state index contributed by atoms with van der Waals surface area (Å²) < 4.78 is 1.66. The number of nitrogens with zero attached hydrogens (tertiary/aromatic N) is 1.